The third-order valence-corrected chi connectivity index (χ3v) is 5.43. The molecule has 3 heterocycles. The summed E-state index contributed by atoms with van der Waals surface area (Å²) < 4.78 is 9.06. The molecule has 0 unspecified atom stereocenters. The maximum atomic E-state index is 6.02. The molecule has 0 radical (unpaired) electrons. The highest BCUT2D eigenvalue weighted by molar-refractivity contribution is 6.31. The number of halogens is 1. The van der Waals surface area contributed by atoms with E-state index in [0.29, 0.717) is 29.8 Å². The van der Waals surface area contributed by atoms with Crippen LogP contribution in [-0.2, 0) is 20.1 Å². The maximum absolute atomic E-state index is 6.02. The van der Waals surface area contributed by atoms with Crippen LogP contribution in [0.15, 0.2) is 83.0 Å². The molecule has 35 heavy (non-hydrogen) atoms. The molecule has 0 saturated heterocycles. The number of rotatable bonds is 11. The topological polar surface area (TPSA) is 104 Å². The molecule has 0 saturated carbocycles. The van der Waals surface area contributed by atoms with Gasteiger partial charge in [0.2, 0.25) is 5.82 Å². The highest BCUT2D eigenvalue weighted by Crippen LogP contribution is 2.26. The summed E-state index contributed by atoms with van der Waals surface area (Å²) in [5.41, 5.74) is 4.47. The molecule has 182 valence electrons. The third kappa shape index (κ3) is 6.73. The van der Waals surface area contributed by atoms with Crippen molar-refractivity contribution < 1.29 is 4.52 Å². The highest BCUT2D eigenvalue weighted by Gasteiger charge is 2.19. The van der Waals surface area contributed by atoms with E-state index in [4.69, 9.17) is 16.1 Å². The van der Waals surface area contributed by atoms with E-state index in [0.717, 1.165) is 28.1 Å². The molecule has 0 aromatic carbocycles. The number of hydrogen-bond donors (Lipinski definition) is 0. The summed E-state index contributed by atoms with van der Waals surface area (Å²) in [6, 6.07) is 0. The monoisotopic (exact) mass is 493 g/mol. The van der Waals surface area contributed by atoms with Crippen molar-refractivity contribution in [1.82, 2.24) is 45.0 Å². The molecule has 0 bridgehead atoms. The molecule has 0 aliphatic carbocycles. The van der Waals surface area contributed by atoms with Crippen molar-refractivity contribution in [3.05, 3.63) is 90.0 Å². The van der Waals surface area contributed by atoms with E-state index in [2.05, 4.69) is 48.8 Å². The van der Waals surface area contributed by atoms with Crippen LogP contribution >= 0.6 is 11.6 Å². The average Bonchev–Trinajstić information content (AvgIpc) is 3.59. The summed E-state index contributed by atoms with van der Waals surface area (Å²) in [7, 11) is 3.87. The first-order chi connectivity index (χ1) is 16.8. The van der Waals surface area contributed by atoms with Gasteiger partial charge in [0.05, 0.1) is 30.5 Å². The van der Waals surface area contributed by atoms with Gasteiger partial charge in [-0.1, -0.05) is 59.8 Å². The molecule has 0 atom stereocenters. The first kappa shape index (κ1) is 25.6. The average molecular weight is 494 g/mol. The Bertz CT molecular complexity index is 1290. The van der Waals surface area contributed by atoms with Gasteiger partial charge in [0.15, 0.2) is 0 Å². The van der Waals surface area contributed by atoms with Gasteiger partial charge in [0.25, 0.3) is 5.89 Å². The Morgan fingerprint density at radius 3 is 2.71 bits per heavy atom. The number of aryl methyl sites for hydroxylation is 1. The Balaban J connectivity index is 1.84. The second-order valence-electron chi connectivity index (χ2n) is 7.83. The normalized spacial score (nSPS) is 13.3. The standard InChI is InChI=1S/C24H28ClN9O/c1-7-9-19(12-17(3)14-34-16-26-30-31-34)23-28-24(35-29-23)21-13-27-33(6)22(21)15-32(5)18(4)10-11-20(25)8-2/h7-13,16H,1-2,14-15H2,3-6H3/b17-12+,18-10+,19-9+,20-11+. The summed E-state index contributed by atoms with van der Waals surface area (Å²) in [6.45, 7) is 12.5. The van der Waals surface area contributed by atoms with Crippen LogP contribution in [0.4, 0.5) is 0 Å². The SMILES string of the molecule is C=C/C=C(\C=C(/C)Cn1cnnn1)c1noc(-c2cnn(C)c2CN(C)/C(C)=C/C=C(/Cl)C=C)n1. The molecular formula is C24H28ClN9O. The van der Waals surface area contributed by atoms with E-state index in [1.165, 1.54) is 0 Å². The van der Waals surface area contributed by atoms with E-state index in [1.807, 2.05) is 46.2 Å². The van der Waals surface area contributed by atoms with Gasteiger partial charge in [-0.25, -0.2) is 4.68 Å². The van der Waals surface area contributed by atoms with E-state index in [-0.39, 0.29) is 0 Å². The van der Waals surface area contributed by atoms with E-state index < -0.39 is 0 Å². The van der Waals surface area contributed by atoms with Crippen molar-refractivity contribution in [2.75, 3.05) is 7.05 Å². The van der Waals surface area contributed by atoms with Crippen molar-refractivity contribution in [2.24, 2.45) is 7.05 Å². The predicted octanol–water partition coefficient (Wildman–Crippen LogP) is 4.32. The molecule has 0 amide bonds. The largest absolute Gasteiger partial charge is 0.372 e. The molecular weight excluding hydrogens is 466 g/mol. The quantitative estimate of drug-likeness (QED) is 0.364. The Hall–Kier alpha value is -4.05. The zero-order valence-electron chi connectivity index (χ0n) is 20.3. The zero-order chi connectivity index (χ0) is 25.4. The fraction of sp³-hybridized carbons (Fsp3) is 0.250. The first-order valence-corrected chi connectivity index (χ1v) is 11.1. The van der Waals surface area contributed by atoms with Gasteiger partial charge in [-0.3, -0.25) is 4.68 Å². The van der Waals surface area contributed by atoms with Gasteiger partial charge >= 0.3 is 0 Å². The van der Waals surface area contributed by atoms with Gasteiger partial charge < -0.3 is 9.42 Å². The van der Waals surface area contributed by atoms with E-state index >= 15 is 0 Å². The summed E-state index contributed by atoms with van der Waals surface area (Å²) in [4.78, 5) is 6.72. The first-order valence-electron chi connectivity index (χ1n) is 10.8. The Morgan fingerprint density at radius 1 is 1.23 bits per heavy atom. The molecule has 0 fully saturated rings. The minimum Gasteiger partial charge on any atom is -0.372 e. The lowest BCUT2D eigenvalue weighted by Crippen LogP contribution is -2.18. The highest BCUT2D eigenvalue weighted by atomic mass is 35.5. The number of nitrogens with zero attached hydrogens (tertiary/aromatic N) is 9. The van der Waals surface area contributed by atoms with Gasteiger partial charge in [0, 0.05) is 30.4 Å². The number of aromatic nitrogens is 8. The van der Waals surface area contributed by atoms with Crippen molar-refractivity contribution in [2.45, 2.75) is 26.9 Å². The molecule has 3 aromatic rings. The fourth-order valence-corrected chi connectivity index (χ4v) is 3.22. The van der Waals surface area contributed by atoms with Crippen LogP contribution in [-0.4, -0.2) is 52.1 Å². The van der Waals surface area contributed by atoms with E-state index in [1.54, 1.807) is 40.1 Å². The van der Waals surface area contributed by atoms with Crippen molar-refractivity contribution in [3.8, 4) is 11.5 Å². The molecule has 10 nitrogen and oxygen atoms in total. The minimum atomic E-state index is 0.384. The molecule has 3 aromatic heterocycles. The maximum Gasteiger partial charge on any atom is 0.261 e. The molecule has 3 rings (SSSR count). The summed E-state index contributed by atoms with van der Waals surface area (Å²) in [6.07, 6.45) is 14.1. The lowest BCUT2D eigenvalue weighted by Gasteiger charge is -2.20. The van der Waals surface area contributed by atoms with Crippen LogP contribution in [0.25, 0.3) is 17.0 Å². The van der Waals surface area contributed by atoms with Gasteiger partial charge in [-0.05, 0) is 36.4 Å². The summed E-state index contributed by atoms with van der Waals surface area (Å²) in [5, 5.41) is 20.4. The van der Waals surface area contributed by atoms with Gasteiger partial charge in [-0.2, -0.15) is 10.1 Å². The Labute approximate surface area is 209 Å². The van der Waals surface area contributed by atoms with Crippen molar-refractivity contribution in [3.63, 3.8) is 0 Å². The van der Waals surface area contributed by atoms with E-state index in [9.17, 15) is 0 Å². The third-order valence-electron chi connectivity index (χ3n) is 5.15. The minimum absolute atomic E-state index is 0.384. The molecule has 0 aliphatic rings. The fourth-order valence-electron chi connectivity index (χ4n) is 3.16. The van der Waals surface area contributed by atoms with Crippen LogP contribution in [0.2, 0.25) is 0 Å². The number of hydrogen-bond acceptors (Lipinski definition) is 8. The lowest BCUT2D eigenvalue weighted by molar-refractivity contribution is 0.394. The second kappa shape index (κ2) is 11.9. The Morgan fingerprint density at radius 2 is 2.03 bits per heavy atom. The van der Waals surface area contributed by atoms with Gasteiger partial charge in [-0.15, -0.1) is 5.10 Å². The summed E-state index contributed by atoms with van der Waals surface area (Å²) >= 11 is 6.02. The predicted molar refractivity (Wildman–Crippen MR) is 136 cm³/mol. The second-order valence-corrected chi connectivity index (χ2v) is 8.26. The van der Waals surface area contributed by atoms with Crippen LogP contribution < -0.4 is 0 Å². The number of allylic oxidation sites excluding steroid dienone is 10. The molecule has 0 aliphatic heterocycles. The zero-order valence-corrected chi connectivity index (χ0v) is 21.0. The van der Waals surface area contributed by atoms with Crippen molar-refractivity contribution >= 4 is 17.2 Å². The number of tetrazole rings is 1. The van der Waals surface area contributed by atoms with Gasteiger partial charge in [0.1, 0.15) is 6.33 Å². The van der Waals surface area contributed by atoms with Crippen molar-refractivity contribution in [1.29, 1.82) is 0 Å². The Kier molecular flexibility index (Phi) is 8.69. The molecule has 0 spiro atoms. The van der Waals surface area contributed by atoms with Crippen LogP contribution in [0.3, 0.4) is 0 Å². The smallest absolute Gasteiger partial charge is 0.261 e. The molecule has 0 N–H and O–H groups in total. The molecule has 11 heteroatoms. The summed E-state index contributed by atoms with van der Waals surface area (Å²) in [5.74, 6) is 0.827. The lowest BCUT2D eigenvalue weighted by atomic mass is 10.1. The van der Waals surface area contributed by atoms with Crippen LogP contribution in [0.1, 0.15) is 25.4 Å². The van der Waals surface area contributed by atoms with Crippen LogP contribution in [0, 0.1) is 0 Å². The van der Waals surface area contributed by atoms with Crippen LogP contribution in [0.5, 0.6) is 0 Å².